The van der Waals surface area contributed by atoms with Crippen LogP contribution in [0.3, 0.4) is 0 Å². The number of para-hydroxylation sites is 2. The predicted molar refractivity (Wildman–Crippen MR) is 77.6 cm³/mol. The highest BCUT2D eigenvalue weighted by Crippen LogP contribution is 2.23. The van der Waals surface area contributed by atoms with Gasteiger partial charge in [-0.15, -0.1) is 0 Å². The Morgan fingerprint density at radius 3 is 2.55 bits per heavy atom. The van der Waals surface area contributed by atoms with Crippen LogP contribution in [0, 0.1) is 0 Å². The van der Waals surface area contributed by atoms with E-state index in [1.807, 2.05) is 47.0 Å². The van der Waals surface area contributed by atoms with Crippen molar-refractivity contribution in [2.75, 3.05) is 0 Å². The van der Waals surface area contributed by atoms with Crippen molar-refractivity contribution in [1.82, 2.24) is 14.4 Å². The van der Waals surface area contributed by atoms with E-state index in [0.717, 1.165) is 22.2 Å². The SMILES string of the molecule is Oc1ccc(-c2cnc3nc4ccccc4n3c2)cc1. The molecule has 0 saturated heterocycles. The smallest absolute Gasteiger partial charge is 0.234 e. The lowest BCUT2D eigenvalue weighted by Gasteiger charge is -2.03. The zero-order valence-electron chi connectivity index (χ0n) is 10.6. The Morgan fingerprint density at radius 2 is 1.70 bits per heavy atom. The van der Waals surface area contributed by atoms with Crippen LogP contribution in [0.1, 0.15) is 0 Å². The van der Waals surface area contributed by atoms with E-state index in [1.165, 1.54) is 0 Å². The van der Waals surface area contributed by atoms with Crippen LogP contribution in [0.2, 0.25) is 0 Å². The molecule has 4 nitrogen and oxygen atoms in total. The molecule has 0 fully saturated rings. The van der Waals surface area contributed by atoms with Gasteiger partial charge < -0.3 is 5.11 Å². The Kier molecular flexibility index (Phi) is 2.23. The molecule has 0 atom stereocenters. The highest BCUT2D eigenvalue weighted by atomic mass is 16.3. The van der Waals surface area contributed by atoms with E-state index in [2.05, 4.69) is 9.97 Å². The molecule has 2 aromatic heterocycles. The minimum Gasteiger partial charge on any atom is -0.508 e. The van der Waals surface area contributed by atoms with Gasteiger partial charge in [0.05, 0.1) is 11.0 Å². The minimum atomic E-state index is 0.260. The van der Waals surface area contributed by atoms with E-state index >= 15 is 0 Å². The summed E-state index contributed by atoms with van der Waals surface area (Å²) in [5.74, 6) is 0.949. The van der Waals surface area contributed by atoms with Crippen LogP contribution < -0.4 is 0 Å². The van der Waals surface area contributed by atoms with Crippen molar-refractivity contribution in [1.29, 1.82) is 0 Å². The standard InChI is InChI=1S/C16H11N3O/c20-13-7-5-11(6-8-13)12-9-17-16-18-14-3-1-2-4-15(14)19(16)10-12/h1-10,20H. The van der Waals surface area contributed by atoms with Crippen LogP contribution in [-0.4, -0.2) is 19.5 Å². The van der Waals surface area contributed by atoms with Crippen LogP contribution in [0.15, 0.2) is 60.9 Å². The number of benzene rings is 2. The van der Waals surface area contributed by atoms with Gasteiger partial charge >= 0.3 is 0 Å². The maximum absolute atomic E-state index is 9.35. The zero-order chi connectivity index (χ0) is 13.5. The Morgan fingerprint density at radius 1 is 0.900 bits per heavy atom. The maximum Gasteiger partial charge on any atom is 0.234 e. The third-order valence-corrected chi connectivity index (χ3v) is 3.37. The number of phenolic OH excluding ortho intramolecular Hbond substituents is 1. The molecule has 96 valence electrons. The maximum atomic E-state index is 9.35. The first-order valence-corrected chi connectivity index (χ1v) is 6.33. The molecule has 0 amide bonds. The summed E-state index contributed by atoms with van der Waals surface area (Å²) < 4.78 is 1.98. The molecular weight excluding hydrogens is 250 g/mol. The zero-order valence-corrected chi connectivity index (χ0v) is 10.6. The van der Waals surface area contributed by atoms with E-state index < -0.39 is 0 Å². The van der Waals surface area contributed by atoms with Gasteiger partial charge in [0.15, 0.2) is 0 Å². The summed E-state index contributed by atoms with van der Waals surface area (Å²) in [7, 11) is 0. The molecule has 4 aromatic rings. The first kappa shape index (κ1) is 11.0. The molecule has 0 aliphatic rings. The second-order valence-electron chi connectivity index (χ2n) is 4.66. The summed E-state index contributed by atoms with van der Waals surface area (Å²) in [6, 6.07) is 15.0. The Bertz CT molecular complexity index is 910. The Labute approximate surface area is 115 Å². The predicted octanol–water partition coefficient (Wildman–Crippen LogP) is 3.26. The third kappa shape index (κ3) is 1.62. The summed E-state index contributed by atoms with van der Waals surface area (Å²) in [6.45, 7) is 0. The second-order valence-corrected chi connectivity index (χ2v) is 4.66. The van der Waals surface area contributed by atoms with Gasteiger partial charge in [-0.1, -0.05) is 24.3 Å². The quantitative estimate of drug-likeness (QED) is 0.572. The molecule has 4 heteroatoms. The lowest BCUT2D eigenvalue weighted by atomic mass is 10.1. The topological polar surface area (TPSA) is 50.4 Å². The fourth-order valence-corrected chi connectivity index (χ4v) is 2.35. The summed E-state index contributed by atoms with van der Waals surface area (Å²) >= 11 is 0. The number of nitrogens with zero attached hydrogens (tertiary/aromatic N) is 3. The number of phenols is 1. The molecule has 4 rings (SSSR count). The van der Waals surface area contributed by atoms with Gasteiger partial charge in [-0.2, -0.15) is 0 Å². The van der Waals surface area contributed by atoms with E-state index in [4.69, 9.17) is 0 Å². The minimum absolute atomic E-state index is 0.260. The molecule has 2 aromatic carbocycles. The number of aromatic nitrogens is 3. The number of imidazole rings is 1. The average Bonchev–Trinajstić information content (AvgIpc) is 2.86. The first-order valence-electron chi connectivity index (χ1n) is 6.33. The summed E-state index contributed by atoms with van der Waals surface area (Å²) in [6.07, 6.45) is 3.82. The fourth-order valence-electron chi connectivity index (χ4n) is 2.35. The molecule has 0 saturated carbocycles. The number of hydrogen-bond donors (Lipinski definition) is 1. The number of aromatic hydroxyl groups is 1. The molecular formula is C16H11N3O. The van der Waals surface area contributed by atoms with Crippen LogP contribution in [0.25, 0.3) is 27.9 Å². The second kappa shape index (κ2) is 4.06. The molecule has 0 bridgehead atoms. The number of hydrogen-bond acceptors (Lipinski definition) is 3. The normalized spacial score (nSPS) is 11.2. The van der Waals surface area contributed by atoms with E-state index in [1.54, 1.807) is 18.3 Å². The molecule has 2 heterocycles. The molecule has 1 N–H and O–H groups in total. The molecule has 0 aliphatic carbocycles. The van der Waals surface area contributed by atoms with Gasteiger partial charge in [0, 0.05) is 18.0 Å². The van der Waals surface area contributed by atoms with Crippen molar-refractivity contribution < 1.29 is 5.11 Å². The first-order chi connectivity index (χ1) is 9.81. The van der Waals surface area contributed by atoms with Gasteiger partial charge in [0.2, 0.25) is 5.78 Å². The van der Waals surface area contributed by atoms with Crippen LogP contribution in [0.5, 0.6) is 5.75 Å². The van der Waals surface area contributed by atoms with Crippen molar-refractivity contribution in [3.8, 4) is 16.9 Å². The van der Waals surface area contributed by atoms with Crippen molar-refractivity contribution in [2.24, 2.45) is 0 Å². The van der Waals surface area contributed by atoms with Crippen molar-refractivity contribution >= 4 is 16.8 Å². The lowest BCUT2D eigenvalue weighted by Crippen LogP contribution is -1.90. The van der Waals surface area contributed by atoms with Gasteiger partial charge in [0.25, 0.3) is 0 Å². The van der Waals surface area contributed by atoms with E-state index in [-0.39, 0.29) is 5.75 Å². The molecule has 20 heavy (non-hydrogen) atoms. The summed E-state index contributed by atoms with van der Waals surface area (Å²) in [5.41, 5.74) is 3.97. The van der Waals surface area contributed by atoms with Gasteiger partial charge in [-0.25, -0.2) is 9.97 Å². The fraction of sp³-hybridized carbons (Fsp3) is 0. The number of rotatable bonds is 1. The summed E-state index contributed by atoms with van der Waals surface area (Å²) in [5, 5.41) is 9.35. The lowest BCUT2D eigenvalue weighted by molar-refractivity contribution is 0.475. The van der Waals surface area contributed by atoms with Crippen molar-refractivity contribution in [3.63, 3.8) is 0 Å². The average molecular weight is 261 g/mol. The van der Waals surface area contributed by atoms with Crippen LogP contribution in [0.4, 0.5) is 0 Å². The largest absolute Gasteiger partial charge is 0.508 e. The molecule has 0 unspecified atom stereocenters. The van der Waals surface area contributed by atoms with E-state index in [9.17, 15) is 5.11 Å². The highest BCUT2D eigenvalue weighted by molar-refractivity contribution is 5.80. The van der Waals surface area contributed by atoms with Crippen LogP contribution in [-0.2, 0) is 0 Å². The van der Waals surface area contributed by atoms with Crippen molar-refractivity contribution in [2.45, 2.75) is 0 Å². The number of fused-ring (bicyclic) bond motifs is 3. The van der Waals surface area contributed by atoms with Crippen molar-refractivity contribution in [3.05, 3.63) is 60.9 Å². The van der Waals surface area contributed by atoms with Gasteiger partial charge in [-0.05, 0) is 29.8 Å². The van der Waals surface area contributed by atoms with E-state index in [0.29, 0.717) is 5.78 Å². The Hall–Kier alpha value is -2.88. The monoisotopic (exact) mass is 261 g/mol. The molecule has 0 radical (unpaired) electrons. The third-order valence-electron chi connectivity index (χ3n) is 3.37. The molecule has 0 aliphatic heterocycles. The Balaban J connectivity index is 1.97. The highest BCUT2D eigenvalue weighted by Gasteiger charge is 2.06. The van der Waals surface area contributed by atoms with Gasteiger partial charge in [0.1, 0.15) is 5.75 Å². The van der Waals surface area contributed by atoms with Crippen LogP contribution >= 0.6 is 0 Å². The summed E-state index contributed by atoms with van der Waals surface area (Å²) in [4.78, 5) is 8.88. The van der Waals surface area contributed by atoms with Gasteiger partial charge in [-0.3, -0.25) is 4.40 Å². The molecule has 0 spiro atoms.